The van der Waals surface area contributed by atoms with E-state index in [9.17, 15) is 8.22 Å². The highest BCUT2D eigenvalue weighted by atomic mass is 16.3. The van der Waals surface area contributed by atoms with E-state index in [1.165, 1.54) is 0 Å². The Morgan fingerprint density at radius 3 is 1.97 bits per heavy atom. The Morgan fingerprint density at radius 2 is 1.10 bits per heavy atom. The van der Waals surface area contributed by atoms with Crippen LogP contribution in [0.15, 0.2) is 210 Å². The van der Waals surface area contributed by atoms with E-state index in [0.29, 0.717) is 33.1 Å². The van der Waals surface area contributed by atoms with Gasteiger partial charge in [0.2, 0.25) is 0 Å². The van der Waals surface area contributed by atoms with Gasteiger partial charge in [-0.2, -0.15) is 0 Å². The van der Waals surface area contributed by atoms with E-state index in [1.54, 1.807) is 36.4 Å². The Kier molecular flexibility index (Phi) is 5.02. The van der Waals surface area contributed by atoms with Crippen LogP contribution in [0.2, 0.25) is 0 Å². The predicted molar refractivity (Wildman–Crippen MR) is 247 cm³/mol. The van der Waals surface area contributed by atoms with Crippen molar-refractivity contribution in [2.24, 2.45) is 0 Å². The normalized spacial score (nSPS) is 15.0. The summed E-state index contributed by atoms with van der Waals surface area (Å²) < 4.78 is 124. The third kappa shape index (κ3) is 5.17. The predicted octanol–water partition coefficient (Wildman–Crippen LogP) is 15.9. The van der Waals surface area contributed by atoms with Crippen LogP contribution in [0, 0.1) is 0 Å². The molecule has 0 N–H and O–H groups in total. The molecule has 58 heavy (non-hydrogen) atoms. The van der Waals surface area contributed by atoms with E-state index >= 15 is 0 Å². The molecule has 0 atom stereocenters. The minimum atomic E-state index is -0.565. The fraction of sp³-hybridized carbons (Fsp3) is 0.0175. The molecule has 0 fully saturated rings. The highest BCUT2D eigenvalue weighted by Crippen LogP contribution is 2.44. The van der Waals surface area contributed by atoms with E-state index in [0.717, 1.165) is 49.0 Å². The van der Waals surface area contributed by atoms with Crippen molar-refractivity contribution in [3.8, 4) is 33.4 Å². The van der Waals surface area contributed by atoms with Gasteiger partial charge in [0.1, 0.15) is 11.2 Å². The first-order chi connectivity index (χ1) is 34.2. The van der Waals surface area contributed by atoms with Crippen molar-refractivity contribution in [3.05, 3.63) is 217 Å². The summed E-state index contributed by atoms with van der Waals surface area (Å²) >= 11 is 0. The molecule has 0 saturated heterocycles. The van der Waals surface area contributed by atoms with Gasteiger partial charge in [0.25, 0.3) is 0 Å². The third-order valence-electron chi connectivity index (χ3n) is 11.2. The molecule has 12 rings (SSSR count). The Hall–Kier alpha value is -7.48. The fourth-order valence-corrected chi connectivity index (χ4v) is 8.67. The van der Waals surface area contributed by atoms with Crippen LogP contribution in [0.4, 0.5) is 0 Å². The number of hydrogen-bond acceptors (Lipinski definition) is 1. The molecule has 1 nitrogen and oxygen atoms in total. The minimum absolute atomic E-state index is 0.0101. The van der Waals surface area contributed by atoms with Gasteiger partial charge in [0.05, 0.1) is 17.8 Å². The molecular weight excluding hydrogens is 701 g/mol. The number of benzene rings is 11. The Bertz CT molecular complexity index is 4300. The summed E-state index contributed by atoms with van der Waals surface area (Å²) in [4.78, 5) is 0. The van der Waals surface area contributed by atoms with E-state index in [2.05, 4.69) is 42.5 Å². The minimum Gasteiger partial charge on any atom is -0.456 e. The second-order valence-corrected chi connectivity index (χ2v) is 14.5. The standard InChI is InChI=1S/C57H36O/c1-3-16-43-38(12-1)14-9-22-45(43)51-24-11-25-55-57(51)53-35-41(30-31-54(53)58-55)40-29-28-37-27-26-36(32-42(37)34-40)33-52-46-18-5-7-20-49(46)56(50-21-8-6-19-47(50)52)48-23-10-15-39-13-2-4-17-44(39)48/h1-32,34-35H,33H2/i1D,3D,9D,12D,14D,16D,22D,26D,27D,28D,29D,32D,34D. The van der Waals surface area contributed by atoms with Crippen LogP contribution in [0.5, 0.6) is 0 Å². The maximum Gasteiger partial charge on any atom is 0.136 e. The summed E-state index contributed by atoms with van der Waals surface area (Å²) in [6, 6.07) is 35.3. The third-order valence-corrected chi connectivity index (χ3v) is 11.2. The first-order valence-electron chi connectivity index (χ1n) is 25.6. The van der Waals surface area contributed by atoms with Crippen LogP contribution in [-0.4, -0.2) is 0 Å². The lowest BCUT2D eigenvalue weighted by molar-refractivity contribution is 0.669. The average Bonchev–Trinajstić information content (AvgIpc) is 3.76. The lowest BCUT2D eigenvalue weighted by Crippen LogP contribution is -1.96. The smallest absolute Gasteiger partial charge is 0.136 e. The number of rotatable bonds is 5. The van der Waals surface area contributed by atoms with Gasteiger partial charge in [0.15, 0.2) is 0 Å². The first kappa shape index (κ1) is 22.3. The van der Waals surface area contributed by atoms with Crippen LogP contribution in [0.1, 0.15) is 28.9 Å². The van der Waals surface area contributed by atoms with Crippen LogP contribution in [-0.2, 0) is 6.42 Å². The highest BCUT2D eigenvalue weighted by molar-refractivity contribution is 6.19. The van der Waals surface area contributed by atoms with E-state index in [4.69, 9.17) is 14.0 Å². The zero-order chi connectivity index (χ0) is 49.5. The molecule has 11 aromatic carbocycles. The Balaban J connectivity index is 1.08. The van der Waals surface area contributed by atoms with Crippen LogP contribution < -0.4 is 0 Å². The van der Waals surface area contributed by atoms with Crippen molar-refractivity contribution >= 4 is 75.8 Å². The quantitative estimate of drug-likeness (QED) is 0.160. The second kappa shape index (κ2) is 13.0. The number of hydrogen-bond donors (Lipinski definition) is 0. The number of furan rings is 1. The van der Waals surface area contributed by atoms with Crippen LogP contribution in [0.3, 0.4) is 0 Å². The van der Waals surface area contributed by atoms with Crippen molar-refractivity contribution in [1.82, 2.24) is 0 Å². The summed E-state index contributed by atoms with van der Waals surface area (Å²) in [5.41, 5.74) is 4.51. The van der Waals surface area contributed by atoms with Gasteiger partial charge in [-0.1, -0.05) is 182 Å². The largest absolute Gasteiger partial charge is 0.456 e. The van der Waals surface area contributed by atoms with Gasteiger partial charge in [-0.05, 0) is 129 Å². The van der Waals surface area contributed by atoms with Crippen LogP contribution in [0.25, 0.3) is 109 Å². The van der Waals surface area contributed by atoms with E-state index < -0.39 is 48.3 Å². The molecule has 12 aromatic rings. The molecule has 0 radical (unpaired) electrons. The van der Waals surface area contributed by atoms with Crippen molar-refractivity contribution < 1.29 is 22.2 Å². The van der Waals surface area contributed by atoms with Crippen molar-refractivity contribution in [1.29, 1.82) is 0 Å². The maximum absolute atomic E-state index is 9.81. The van der Waals surface area contributed by atoms with Gasteiger partial charge in [0, 0.05) is 10.8 Å². The topological polar surface area (TPSA) is 13.1 Å². The average molecular weight is 750 g/mol. The van der Waals surface area contributed by atoms with E-state index in [1.807, 2.05) is 48.5 Å². The van der Waals surface area contributed by atoms with Crippen molar-refractivity contribution in [3.63, 3.8) is 0 Å². The summed E-state index contributed by atoms with van der Waals surface area (Å²) in [5.74, 6) is 0. The number of fused-ring (bicyclic) bond motifs is 8. The molecule has 1 heterocycles. The lowest BCUT2D eigenvalue weighted by atomic mass is 9.85. The monoisotopic (exact) mass is 749 g/mol. The summed E-state index contributed by atoms with van der Waals surface area (Å²) in [7, 11) is 0. The zero-order valence-corrected chi connectivity index (χ0v) is 30.7. The maximum atomic E-state index is 9.81. The van der Waals surface area contributed by atoms with Gasteiger partial charge in [-0.25, -0.2) is 0 Å². The van der Waals surface area contributed by atoms with Crippen LogP contribution >= 0.6 is 0 Å². The lowest BCUT2D eigenvalue weighted by Gasteiger charge is -2.19. The van der Waals surface area contributed by atoms with Crippen molar-refractivity contribution in [2.45, 2.75) is 6.42 Å². The van der Waals surface area contributed by atoms with Gasteiger partial charge >= 0.3 is 0 Å². The highest BCUT2D eigenvalue weighted by Gasteiger charge is 2.18. The Labute approximate surface area is 354 Å². The molecule has 0 bridgehead atoms. The summed E-state index contributed by atoms with van der Waals surface area (Å²) in [6.45, 7) is 0. The summed E-state index contributed by atoms with van der Waals surface area (Å²) in [5, 5.41) is 6.39. The fourth-order valence-electron chi connectivity index (χ4n) is 8.67. The second-order valence-electron chi connectivity index (χ2n) is 14.5. The molecule has 1 heteroatoms. The van der Waals surface area contributed by atoms with E-state index in [-0.39, 0.29) is 74.9 Å². The van der Waals surface area contributed by atoms with Crippen molar-refractivity contribution in [2.75, 3.05) is 0 Å². The molecule has 0 spiro atoms. The first-order valence-corrected chi connectivity index (χ1v) is 19.1. The SMILES string of the molecule is [2H]c1c(Cc2c3ccccc3c(-c3cccc4ccccc34)c3ccccc23)c([2H])c2c([2H])c(-c3ccc4oc5cccc(-c6c([2H])c([2H])c([2H])c7c([2H])c([2H])c([2H])c([2H])c67)c5c4c3)c([2H])c([2H])c2c1[2H]. The van der Waals surface area contributed by atoms with Gasteiger partial charge in [-0.3, -0.25) is 0 Å². The molecule has 0 saturated carbocycles. The molecule has 0 aliphatic rings. The Morgan fingerprint density at radius 1 is 0.397 bits per heavy atom. The molecular formula is C57H36O. The molecule has 270 valence electrons. The molecule has 0 aliphatic heterocycles. The molecule has 0 unspecified atom stereocenters. The molecule has 1 aromatic heterocycles. The molecule has 0 aliphatic carbocycles. The van der Waals surface area contributed by atoms with Gasteiger partial charge in [-0.15, -0.1) is 0 Å². The van der Waals surface area contributed by atoms with Gasteiger partial charge < -0.3 is 4.42 Å². The summed E-state index contributed by atoms with van der Waals surface area (Å²) in [6.07, 6.45) is 0.0667. The zero-order valence-electron chi connectivity index (χ0n) is 43.7. The molecule has 0 amide bonds.